The summed E-state index contributed by atoms with van der Waals surface area (Å²) in [6.45, 7) is 1.11. The van der Waals surface area contributed by atoms with E-state index in [2.05, 4.69) is 15.0 Å². The molecule has 0 saturated carbocycles. The van der Waals surface area contributed by atoms with Crippen LogP contribution in [-0.2, 0) is 4.74 Å². The first-order valence-corrected chi connectivity index (χ1v) is 7.17. The highest BCUT2D eigenvalue weighted by atomic mass is 19.3. The molecule has 1 saturated heterocycles. The van der Waals surface area contributed by atoms with Crippen molar-refractivity contribution in [3.05, 3.63) is 28.1 Å². The van der Waals surface area contributed by atoms with Crippen LogP contribution in [0.5, 0.6) is 0 Å². The van der Waals surface area contributed by atoms with Gasteiger partial charge in [0.1, 0.15) is 11.9 Å². The summed E-state index contributed by atoms with van der Waals surface area (Å²) >= 11 is 0. The lowest BCUT2D eigenvalue weighted by atomic mass is 10.0. The van der Waals surface area contributed by atoms with Crippen molar-refractivity contribution in [1.29, 1.82) is 0 Å². The van der Waals surface area contributed by atoms with Gasteiger partial charge in [0.25, 0.3) is 0 Å². The Morgan fingerprint density at radius 3 is 2.81 bits per heavy atom. The maximum absolute atomic E-state index is 12.2. The van der Waals surface area contributed by atoms with Gasteiger partial charge in [-0.05, 0) is 31.4 Å². The van der Waals surface area contributed by atoms with Crippen molar-refractivity contribution in [3.8, 4) is 0 Å². The molecule has 0 aromatic heterocycles. The summed E-state index contributed by atoms with van der Waals surface area (Å²) in [6, 6.07) is 0. The highest BCUT2D eigenvalue weighted by molar-refractivity contribution is 5.79. The lowest BCUT2D eigenvalue weighted by molar-refractivity contribution is -0.438. The average Bonchev–Trinajstić information content (AvgIpc) is 2.77. The topological polar surface area (TPSA) is 50.6 Å². The maximum atomic E-state index is 12.2. The van der Waals surface area contributed by atoms with Crippen LogP contribution < -0.4 is 5.32 Å². The van der Waals surface area contributed by atoms with Gasteiger partial charge in [-0.3, -0.25) is 4.90 Å². The highest BCUT2D eigenvalue weighted by Gasteiger charge is 2.32. The number of nitrogens with zero attached hydrogens (tertiary/aromatic N) is 2. The van der Waals surface area contributed by atoms with E-state index in [1.807, 2.05) is 13.0 Å². The fraction of sp³-hybridized carbons (Fsp3) is 0.643. The van der Waals surface area contributed by atoms with Crippen molar-refractivity contribution in [2.45, 2.75) is 38.6 Å². The molecule has 0 aliphatic carbocycles. The molecule has 0 amide bonds. The Labute approximate surface area is 122 Å². The number of dihydropyridines is 1. The largest absolute Gasteiger partial charge is 0.623 e. The second kappa shape index (κ2) is 5.73. The normalized spacial score (nSPS) is 27.5. The number of piperidine rings is 1. The van der Waals surface area contributed by atoms with Gasteiger partial charge in [0, 0.05) is 18.7 Å². The quantitative estimate of drug-likeness (QED) is 0.632. The van der Waals surface area contributed by atoms with E-state index in [-0.39, 0.29) is 12.3 Å². The average molecular weight is 299 g/mol. The fourth-order valence-corrected chi connectivity index (χ4v) is 3.19. The van der Waals surface area contributed by atoms with E-state index in [0.29, 0.717) is 32.5 Å². The van der Waals surface area contributed by atoms with Crippen LogP contribution in [0.2, 0.25) is 0 Å². The molecule has 21 heavy (non-hydrogen) atoms. The minimum Gasteiger partial charge on any atom is -0.623 e. The lowest BCUT2D eigenvalue weighted by Crippen LogP contribution is -2.51. The predicted molar refractivity (Wildman–Crippen MR) is 73.9 cm³/mol. The van der Waals surface area contributed by atoms with Crippen LogP contribution in [-0.4, -0.2) is 54.4 Å². The Kier molecular flexibility index (Phi) is 3.95. The monoisotopic (exact) mass is 299 g/mol. The molecule has 1 unspecified atom stereocenters. The van der Waals surface area contributed by atoms with E-state index in [0.717, 1.165) is 21.6 Å². The van der Waals surface area contributed by atoms with Gasteiger partial charge in [-0.25, -0.2) is 4.74 Å². The highest BCUT2D eigenvalue weighted by Crippen LogP contribution is 2.25. The minimum atomic E-state index is -2.69. The van der Waals surface area contributed by atoms with E-state index >= 15 is 0 Å². The summed E-state index contributed by atoms with van der Waals surface area (Å²) < 4.78 is 29.9. The molecule has 0 spiro atoms. The van der Waals surface area contributed by atoms with Gasteiger partial charge in [-0.1, -0.05) is 0 Å². The molecular weight excluding hydrogens is 280 g/mol. The van der Waals surface area contributed by atoms with Crippen LogP contribution in [0.1, 0.15) is 19.8 Å². The van der Waals surface area contributed by atoms with Gasteiger partial charge in [-0.2, -0.15) is 8.78 Å². The smallest absolute Gasteiger partial charge is 0.345 e. The van der Waals surface area contributed by atoms with Crippen molar-refractivity contribution in [2.24, 2.45) is 0 Å². The molecule has 0 aromatic carbocycles. The molecule has 7 heteroatoms. The van der Waals surface area contributed by atoms with Crippen molar-refractivity contribution >= 4 is 6.21 Å². The number of hydrogen-bond acceptors (Lipinski definition) is 4. The molecule has 1 atom stereocenters. The Hall–Kier alpha value is -1.47. The molecule has 0 aromatic rings. The van der Waals surface area contributed by atoms with Gasteiger partial charge >= 0.3 is 6.61 Å². The van der Waals surface area contributed by atoms with E-state index in [1.54, 1.807) is 6.21 Å². The number of hydroxylamine groups is 1. The first kappa shape index (κ1) is 14.5. The molecule has 3 rings (SSSR count). The second-order valence-corrected chi connectivity index (χ2v) is 5.71. The third-order valence-corrected chi connectivity index (χ3v) is 4.21. The third-order valence-electron chi connectivity index (χ3n) is 4.21. The minimum absolute atomic E-state index is 0.0269. The predicted octanol–water partition coefficient (Wildman–Crippen LogP) is 1.41. The van der Waals surface area contributed by atoms with Gasteiger partial charge in [0.2, 0.25) is 0 Å². The SMILES string of the molecule is CC1=CC2=C(C=[N+]([O-])C2)NC1N1CCC(OC(F)F)CC1. The number of nitrogens with one attached hydrogen (secondary N) is 1. The zero-order chi connectivity index (χ0) is 15.0. The second-order valence-electron chi connectivity index (χ2n) is 5.71. The Balaban J connectivity index is 1.61. The van der Waals surface area contributed by atoms with Crippen LogP contribution in [0.25, 0.3) is 0 Å². The summed E-state index contributed by atoms with van der Waals surface area (Å²) in [7, 11) is 0. The van der Waals surface area contributed by atoms with Gasteiger partial charge < -0.3 is 15.3 Å². The zero-order valence-electron chi connectivity index (χ0n) is 11.9. The van der Waals surface area contributed by atoms with E-state index in [9.17, 15) is 14.0 Å². The molecular formula is C14H19F2N3O2. The molecule has 0 bridgehead atoms. The Morgan fingerprint density at radius 1 is 1.43 bits per heavy atom. The van der Waals surface area contributed by atoms with E-state index in [4.69, 9.17) is 0 Å². The number of hydrogen-bond donors (Lipinski definition) is 1. The zero-order valence-corrected chi connectivity index (χ0v) is 11.9. The van der Waals surface area contributed by atoms with Crippen molar-refractivity contribution in [2.75, 3.05) is 19.6 Å². The lowest BCUT2D eigenvalue weighted by Gasteiger charge is -2.39. The summed E-state index contributed by atoms with van der Waals surface area (Å²) in [6.07, 6.45) is 4.47. The summed E-state index contributed by atoms with van der Waals surface area (Å²) in [5.74, 6) is 0. The number of rotatable bonds is 3. The van der Waals surface area contributed by atoms with Crippen LogP contribution in [0, 0.1) is 5.21 Å². The summed E-state index contributed by atoms with van der Waals surface area (Å²) in [4.78, 5) is 2.21. The first-order valence-electron chi connectivity index (χ1n) is 7.17. The number of likely N-dealkylation sites (tertiary alicyclic amines) is 1. The van der Waals surface area contributed by atoms with E-state index < -0.39 is 6.61 Å². The Morgan fingerprint density at radius 2 is 2.14 bits per heavy atom. The maximum Gasteiger partial charge on any atom is 0.345 e. The number of ether oxygens (including phenoxy) is 1. The van der Waals surface area contributed by atoms with Gasteiger partial charge in [0.15, 0.2) is 12.8 Å². The van der Waals surface area contributed by atoms with Crippen molar-refractivity contribution < 1.29 is 18.3 Å². The number of allylic oxidation sites excluding steroid dienone is 1. The van der Waals surface area contributed by atoms with Crippen LogP contribution in [0.4, 0.5) is 8.78 Å². The Bertz CT molecular complexity index is 508. The van der Waals surface area contributed by atoms with Crippen LogP contribution in [0.3, 0.4) is 0 Å². The molecule has 1 fully saturated rings. The van der Waals surface area contributed by atoms with Crippen molar-refractivity contribution in [3.63, 3.8) is 0 Å². The van der Waals surface area contributed by atoms with Crippen LogP contribution >= 0.6 is 0 Å². The van der Waals surface area contributed by atoms with E-state index in [1.165, 1.54) is 0 Å². The summed E-state index contributed by atoms with van der Waals surface area (Å²) in [5, 5.41) is 14.8. The molecule has 116 valence electrons. The standard InChI is InChI=1S/C14H19F2N3O2/c1-9-6-10-7-19(20)8-12(10)17-13(9)18-4-2-11(3-5-18)21-14(15)16/h6,8,11,13-14,17H,2-5,7H2,1H3. The van der Waals surface area contributed by atoms with Gasteiger partial charge in [-0.15, -0.1) is 0 Å². The molecule has 0 radical (unpaired) electrons. The third kappa shape index (κ3) is 3.08. The van der Waals surface area contributed by atoms with Crippen molar-refractivity contribution in [1.82, 2.24) is 10.2 Å². The number of halogens is 2. The molecule has 3 aliphatic heterocycles. The first-order chi connectivity index (χ1) is 10.0. The molecule has 3 aliphatic rings. The van der Waals surface area contributed by atoms with Gasteiger partial charge in [0.05, 0.1) is 6.10 Å². The molecule has 3 heterocycles. The number of alkyl halides is 2. The molecule has 5 nitrogen and oxygen atoms in total. The van der Waals surface area contributed by atoms with Crippen LogP contribution in [0.15, 0.2) is 22.9 Å². The molecule has 1 N–H and O–H groups in total. The summed E-state index contributed by atoms with van der Waals surface area (Å²) in [5.41, 5.74) is 3.02. The fourth-order valence-electron chi connectivity index (χ4n) is 3.19.